The number of carbonyl (C=O) groups is 2. The lowest BCUT2D eigenvalue weighted by Crippen LogP contribution is -2.56. The van der Waals surface area contributed by atoms with Crippen molar-refractivity contribution in [3.63, 3.8) is 0 Å². The van der Waals surface area contributed by atoms with E-state index in [4.69, 9.17) is 9.05 Å². The second-order valence-electron chi connectivity index (χ2n) is 5.46. The highest BCUT2D eigenvalue weighted by molar-refractivity contribution is 5.94. The number of hydrogen-bond donors (Lipinski definition) is 0. The van der Waals surface area contributed by atoms with Crippen molar-refractivity contribution in [1.82, 2.24) is 20.1 Å². The van der Waals surface area contributed by atoms with Crippen molar-refractivity contribution >= 4 is 11.8 Å². The third-order valence-electron chi connectivity index (χ3n) is 3.97. The van der Waals surface area contributed by atoms with Gasteiger partial charge in [0.1, 0.15) is 12.5 Å². The van der Waals surface area contributed by atoms with Crippen molar-refractivity contribution in [2.75, 3.05) is 19.6 Å². The van der Waals surface area contributed by atoms with Gasteiger partial charge in [-0.15, -0.1) is 0 Å². The summed E-state index contributed by atoms with van der Waals surface area (Å²) in [5.41, 5.74) is 0.582. The molecule has 0 radical (unpaired) electrons. The maximum atomic E-state index is 12.5. The number of amides is 2. The molecular weight excluding hydrogens is 300 g/mol. The third kappa shape index (κ3) is 3.10. The first kappa shape index (κ1) is 15.3. The fourth-order valence-corrected chi connectivity index (χ4v) is 2.84. The summed E-state index contributed by atoms with van der Waals surface area (Å²) in [5, 5.41) is 7.40. The van der Waals surface area contributed by atoms with Gasteiger partial charge in [-0.05, 0) is 6.42 Å². The van der Waals surface area contributed by atoms with Gasteiger partial charge < -0.3 is 18.8 Å². The molecule has 0 bridgehead atoms. The molecular formula is C15H18N4O4. The van der Waals surface area contributed by atoms with Crippen LogP contribution in [0.2, 0.25) is 0 Å². The minimum absolute atomic E-state index is 0.0474. The van der Waals surface area contributed by atoms with E-state index in [9.17, 15) is 9.59 Å². The number of hydrogen-bond acceptors (Lipinski definition) is 6. The Kier molecular flexibility index (Phi) is 4.40. The summed E-state index contributed by atoms with van der Waals surface area (Å²) in [6.45, 7) is 3.44. The van der Waals surface area contributed by atoms with E-state index in [-0.39, 0.29) is 23.6 Å². The number of aromatic nitrogens is 2. The van der Waals surface area contributed by atoms with Crippen molar-refractivity contribution in [2.45, 2.75) is 25.8 Å². The first-order valence-electron chi connectivity index (χ1n) is 7.61. The normalized spacial score (nSPS) is 18.2. The first-order chi connectivity index (χ1) is 11.2. The van der Waals surface area contributed by atoms with E-state index in [0.29, 0.717) is 25.3 Å². The summed E-state index contributed by atoms with van der Waals surface area (Å²) in [6.07, 6.45) is 4.49. The van der Waals surface area contributed by atoms with E-state index in [1.807, 2.05) is 0 Å². The summed E-state index contributed by atoms with van der Waals surface area (Å²) >= 11 is 0. The third-order valence-corrected chi connectivity index (χ3v) is 3.97. The van der Waals surface area contributed by atoms with E-state index >= 15 is 0 Å². The lowest BCUT2D eigenvalue weighted by molar-refractivity contribution is 0.0360. The molecule has 1 aliphatic rings. The molecule has 8 heteroatoms. The van der Waals surface area contributed by atoms with E-state index < -0.39 is 0 Å². The van der Waals surface area contributed by atoms with E-state index in [0.717, 1.165) is 12.8 Å². The van der Waals surface area contributed by atoms with Crippen molar-refractivity contribution in [1.29, 1.82) is 0 Å². The Morgan fingerprint density at radius 2 is 1.78 bits per heavy atom. The minimum Gasteiger partial charge on any atom is -0.364 e. The minimum atomic E-state index is -0.173. The van der Waals surface area contributed by atoms with Gasteiger partial charge in [0.25, 0.3) is 11.8 Å². The smallest absolute Gasteiger partial charge is 0.276 e. The van der Waals surface area contributed by atoms with Crippen LogP contribution >= 0.6 is 0 Å². The zero-order valence-electron chi connectivity index (χ0n) is 12.8. The zero-order valence-corrected chi connectivity index (χ0v) is 12.8. The van der Waals surface area contributed by atoms with Gasteiger partial charge in [-0.25, -0.2) is 0 Å². The highest BCUT2D eigenvalue weighted by Crippen LogP contribution is 2.18. The zero-order chi connectivity index (χ0) is 16.2. The standard InChI is InChI=1S/C15H18N4O4/c1-2-3-11-10-18(14(20)12-4-8-22-16-12)6-7-19(11)15(21)13-5-9-23-17-13/h4-5,8-9,11H,2-3,6-7,10H2,1H3/t11-/m0/s1. The molecule has 2 aromatic heterocycles. The predicted octanol–water partition coefficient (Wildman–Crippen LogP) is 1.43. The molecule has 1 fully saturated rings. The molecule has 0 aromatic carbocycles. The van der Waals surface area contributed by atoms with Crippen LogP contribution in [0.15, 0.2) is 33.7 Å². The molecule has 0 spiro atoms. The van der Waals surface area contributed by atoms with Crippen LogP contribution in [0.3, 0.4) is 0 Å². The molecule has 0 saturated carbocycles. The molecule has 2 amide bonds. The number of rotatable bonds is 4. The lowest BCUT2D eigenvalue weighted by Gasteiger charge is -2.41. The van der Waals surface area contributed by atoms with Gasteiger partial charge in [0.2, 0.25) is 0 Å². The Morgan fingerprint density at radius 3 is 2.35 bits per heavy atom. The summed E-state index contributed by atoms with van der Waals surface area (Å²) in [5.74, 6) is -0.334. The Hall–Kier alpha value is -2.64. The van der Waals surface area contributed by atoms with Gasteiger partial charge in [-0.3, -0.25) is 9.59 Å². The van der Waals surface area contributed by atoms with Gasteiger partial charge in [-0.2, -0.15) is 0 Å². The Bertz CT molecular complexity index is 653. The van der Waals surface area contributed by atoms with Gasteiger partial charge in [0.15, 0.2) is 11.4 Å². The summed E-state index contributed by atoms with van der Waals surface area (Å²) < 4.78 is 9.48. The summed E-state index contributed by atoms with van der Waals surface area (Å²) in [6, 6.07) is 3.05. The molecule has 0 N–H and O–H groups in total. The summed E-state index contributed by atoms with van der Waals surface area (Å²) in [7, 11) is 0. The van der Waals surface area contributed by atoms with Gasteiger partial charge in [0, 0.05) is 37.8 Å². The molecule has 23 heavy (non-hydrogen) atoms. The van der Waals surface area contributed by atoms with Crippen LogP contribution in [0.25, 0.3) is 0 Å². The van der Waals surface area contributed by atoms with Gasteiger partial charge in [0.05, 0.1) is 0 Å². The highest BCUT2D eigenvalue weighted by atomic mass is 16.5. The number of carbonyl (C=O) groups excluding carboxylic acids is 2. The average molecular weight is 318 g/mol. The molecule has 8 nitrogen and oxygen atoms in total. The molecule has 1 atom stereocenters. The molecule has 3 rings (SSSR count). The lowest BCUT2D eigenvalue weighted by atomic mass is 10.1. The molecule has 1 aliphatic heterocycles. The number of nitrogens with zero attached hydrogens (tertiary/aromatic N) is 4. The second kappa shape index (κ2) is 6.64. The molecule has 3 heterocycles. The second-order valence-corrected chi connectivity index (χ2v) is 5.46. The maximum Gasteiger partial charge on any atom is 0.276 e. The van der Waals surface area contributed by atoms with E-state index in [1.54, 1.807) is 21.9 Å². The number of piperazine rings is 1. The fraction of sp³-hybridized carbons (Fsp3) is 0.467. The monoisotopic (exact) mass is 318 g/mol. The molecule has 1 saturated heterocycles. The van der Waals surface area contributed by atoms with Crippen LogP contribution in [-0.2, 0) is 0 Å². The Balaban J connectivity index is 1.73. The van der Waals surface area contributed by atoms with Crippen molar-refractivity contribution in [3.05, 3.63) is 36.0 Å². The molecule has 0 aliphatic carbocycles. The molecule has 122 valence electrons. The largest absolute Gasteiger partial charge is 0.364 e. The topological polar surface area (TPSA) is 92.7 Å². The van der Waals surface area contributed by atoms with Gasteiger partial charge >= 0.3 is 0 Å². The van der Waals surface area contributed by atoms with Crippen LogP contribution in [-0.4, -0.2) is 57.6 Å². The Morgan fingerprint density at radius 1 is 1.13 bits per heavy atom. The average Bonchev–Trinajstić information content (AvgIpc) is 3.27. The maximum absolute atomic E-state index is 12.5. The summed E-state index contributed by atoms with van der Waals surface area (Å²) in [4.78, 5) is 28.4. The molecule has 0 unspecified atom stereocenters. The van der Waals surface area contributed by atoms with E-state index in [2.05, 4.69) is 17.2 Å². The van der Waals surface area contributed by atoms with E-state index in [1.165, 1.54) is 12.5 Å². The highest BCUT2D eigenvalue weighted by Gasteiger charge is 2.34. The van der Waals surface area contributed by atoms with Crippen molar-refractivity contribution in [2.24, 2.45) is 0 Å². The predicted molar refractivity (Wildman–Crippen MR) is 78.6 cm³/mol. The molecule has 2 aromatic rings. The van der Waals surface area contributed by atoms with Crippen LogP contribution in [0.4, 0.5) is 0 Å². The first-order valence-corrected chi connectivity index (χ1v) is 7.61. The van der Waals surface area contributed by atoms with Gasteiger partial charge in [-0.1, -0.05) is 23.7 Å². The van der Waals surface area contributed by atoms with Crippen molar-refractivity contribution in [3.8, 4) is 0 Å². The van der Waals surface area contributed by atoms with Crippen molar-refractivity contribution < 1.29 is 18.6 Å². The van der Waals surface area contributed by atoms with Crippen LogP contribution in [0, 0.1) is 0 Å². The Labute approximate surface area is 133 Å². The SMILES string of the molecule is CCC[C@H]1CN(C(=O)c2ccon2)CCN1C(=O)c1ccon1. The van der Waals surface area contributed by atoms with Crippen LogP contribution < -0.4 is 0 Å². The van der Waals surface area contributed by atoms with Crippen LogP contribution in [0.1, 0.15) is 40.7 Å². The van der Waals surface area contributed by atoms with Crippen LogP contribution in [0.5, 0.6) is 0 Å². The quantitative estimate of drug-likeness (QED) is 0.846. The fourth-order valence-electron chi connectivity index (χ4n) is 2.84.